The summed E-state index contributed by atoms with van der Waals surface area (Å²) in [6.07, 6.45) is -0.867. The van der Waals surface area contributed by atoms with Crippen molar-refractivity contribution in [3.8, 4) is 0 Å². The second-order valence-corrected chi connectivity index (χ2v) is 7.15. The van der Waals surface area contributed by atoms with Gasteiger partial charge < -0.3 is 9.47 Å². The van der Waals surface area contributed by atoms with Gasteiger partial charge in [0.1, 0.15) is 4.90 Å². The van der Waals surface area contributed by atoms with Crippen LogP contribution in [0.2, 0.25) is 10.0 Å². The van der Waals surface area contributed by atoms with Gasteiger partial charge in [0.25, 0.3) is 0 Å². The second-order valence-electron chi connectivity index (χ2n) is 4.63. The predicted molar refractivity (Wildman–Crippen MR) is 81.7 cm³/mol. The van der Waals surface area contributed by atoms with Crippen molar-refractivity contribution in [2.75, 3.05) is 13.2 Å². The van der Waals surface area contributed by atoms with Crippen molar-refractivity contribution in [3.05, 3.63) is 28.2 Å². The molecule has 10 heteroatoms. The van der Waals surface area contributed by atoms with E-state index in [1.807, 2.05) is 0 Å². The molecule has 1 saturated heterocycles. The molecule has 1 unspecified atom stereocenters. The van der Waals surface area contributed by atoms with E-state index in [9.17, 15) is 18.0 Å². The molecule has 0 amide bonds. The minimum Gasteiger partial charge on any atom is -0.463 e. The van der Waals surface area contributed by atoms with E-state index in [2.05, 4.69) is 9.46 Å². The highest BCUT2D eigenvalue weighted by Crippen LogP contribution is 2.28. The van der Waals surface area contributed by atoms with Crippen molar-refractivity contribution < 1.29 is 27.5 Å². The fraction of sp³-hybridized carbons (Fsp3) is 0.385. The first-order valence-electron chi connectivity index (χ1n) is 6.61. The summed E-state index contributed by atoms with van der Waals surface area (Å²) in [6, 6.07) is 4.30. The third kappa shape index (κ3) is 4.57. The molecule has 23 heavy (non-hydrogen) atoms. The Labute approximate surface area is 142 Å². The van der Waals surface area contributed by atoms with E-state index in [1.54, 1.807) is 0 Å². The van der Waals surface area contributed by atoms with Crippen LogP contribution >= 0.6 is 23.2 Å². The van der Waals surface area contributed by atoms with Gasteiger partial charge in [0.05, 0.1) is 23.1 Å². The smallest absolute Gasteiger partial charge is 0.347 e. The van der Waals surface area contributed by atoms with Crippen LogP contribution in [0, 0.1) is 0 Å². The molecule has 1 fully saturated rings. The summed E-state index contributed by atoms with van der Waals surface area (Å²) in [5.74, 6) is -1.30. The molecule has 0 bridgehead atoms. The van der Waals surface area contributed by atoms with Gasteiger partial charge in [-0.3, -0.25) is 4.79 Å². The van der Waals surface area contributed by atoms with Gasteiger partial charge in [0.15, 0.2) is 0 Å². The van der Waals surface area contributed by atoms with E-state index in [-0.39, 0.29) is 34.5 Å². The van der Waals surface area contributed by atoms with Gasteiger partial charge in [-0.05, 0) is 12.1 Å². The minimum atomic E-state index is -3.97. The number of halogens is 2. The Kier molecular flexibility index (Phi) is 5.85. The number of cyclic esters (lactones) is 1. The van der Waals surface area contributed by atoms with Crippen LogP contribution in [-0.4, -0.2) is 39.6 Å². The maximum Gasteiger partial charge on any atom is 0.347 e. The largest absolute Gasteiger partial charge is 0.463 e. The molecule has 1 N–H and O–H groups in total. The van der Waals surface area contributed by atoms with Crippen molar-refractivity contribution in [2.24, 2.45) is 0 Å². The summed E-state index contributed by atoms with van der Waals surface area (Å²) >= 11 is 11.7. The van der Waals surface area contributed by atoms with Gasteiger partial charge in [0, 0.05) is 13.0 Å². The van der Waals surface area contributed by atoms with Crippen LogP contribution in [0.1, 0.15) is 12.8 Å². The Morgan fingerprint density at radius 1 is 1.35 bits per heavy atom. The van der Waals surface area contributed by atoms with Crippen LogP contribution < -0.4 is 4.72 Å². The van der Waals surface area contributed by atoms with Crippen LogP contribution in [0.4, 0.5) is 0 Å². The molecule has 1 heterocycles. The average Bonchev–Trinajstić information content (AvgIpc) is 2.83. The van der Waals surface area contributed by atoms with E-state index in [1.165, 1.54) is 18.2 Å². The number of sulfonamides is 1. The number of carbonyl (C=O) groups excluding carboxylic acids is 2. The SMILES string of the molecule is O=C(CCNS(=O)(=O)c1c(Cl)cccc1Cl)OC1CCOC1=O. The van der Waals surface area contributed by atoms with Crippen LogP contribution in [0.25, 0.3) is 0 Å². The van der Waals surface area contributed by atoms with Gasteiger partial charge in [-0.1, -0.05) is 29.3 Å². The van der Waals surface area contributed by atoms with E-state index in [0.29, 0.717) is 6.42 Å². The fourth-order valence-corrected chi connectivity index (χ4v) is 4.07. The van der Waals surface area contributed by atoms with Gasteiger partial charge in [0.2, 0.25) is 16.1 Å². The number of rotatable bonds is 6. The lowest BCUT2D eigenvalue weighted by atomic mass is 10.3. The number of nitrogens with one attached hydrogen (secondary N) is 1. The van der Waals surface area contributed by atoms with E-state index in [4.69, 9.17) is 27.9 Å². The molecule has 1 aromatic rings. The molecule has 0 aromatic heterocycles. The topological polar surface area (TPSA) is 98.8 Å². The lowest BCUT2D eigenvalue weighted by molar-refractivity contribution is -0.160. The molecule has 1 aromatic carbocycles. The first-order chi connectivity index (χ1) is 10.8. The van der Waals surface area contributed by atoms with Crippen molar-refractivity contribution in [1.29, 1.82) is 0 Å². The van der Waals surface area contributed by atoms with Crippen LogP contribution in [0.3, 0.4) is 0 Å². The molecule has 2 rings (SSSR count). The first kappa shape index (κ1) is 18.0. The summed E-state index contributed by atoms with van der Waals surface area (Å²) in [7, 11) is -3.97. The van der Waals surface area contributed by atoms with Gasteiger partial charge in [-0.25, -0.2) is 17.9 Å². The molecule has 1 aliphatic heterocycles. The number of hydrogen-bond acceptors (Lipinski definition) is 6. The number of ether oxygens (including phenoxy) is 2. The summed E-state index contributed by atoms with van der Waals surface area (Å²) in [4.78, 5) is 22.5. The summed E-state index contributed by atoms with van der Waals surface area (Å²) in [5, 5.41) is -0.0532. The summed E-state index contributed by atoms with van der Waals surface area (Å²) < 4.78 is 36.0. The van der Waals surface area contributed by atoms with E-state index in [0.717, 1.165) is 0 Å². The normalized spacial score (nSPS) is 17.8. The highest BCUT2D eigenvalue weighted by molar-refractivity contribution is 7.89. The van der Waals surface area contributed by atoms with Crippen molar-refractivity contribution in [2.45, 2.75) is 23.8 Å². The van der Waals surface area contributed by atoms with Gasteiger partial charge in [-0.15, -0.1) is 0 Å². The molecule has 0 radical (unpaired) electrons. The number of hydrogen-bond donors (Lipinski definition) is 1. The zero-order chi connectivity index (χ0) is 17.0. The molecule has 7 nitrogen and oxygen atoms in total. The number of carbonyl (C=O) groups is 2. The molecule has 126 valence electrons. The Morgan fingerprint density at radius 3 is 2.57 bits per heavy atom. The zero-order valence-electron chi connectivity index (χ0n) is 11.8. The third-order valence-electron chi connectivity index (χ3n) is 2.97. The Bertz CT molecular complexity index is 701. The number of benzene rings is 1. The van der Waals surface area contributed by atoms with Crippen molar-refractivity contribution in [1.82, 2.24) is 4.72 Å². The maximum absolute atomic E-state index is 12.1. The highest BCUT2D eigenvalue weighted by atomic mass is 35.5. The second kappa shape index (κ2) is 7.48. The fourth-order valence-electron chi connectivity index (χ4n) is 1.90. The minimum absolute atomic E-state index is 0.0266. The van der Waals surface area contributed by atoms with Gasteiger partial charge >= 0.3 is 11.9 Å². The molecule has 0 spiro atoms. The molecule has 0 aliphatic carbocycles. The predicted octanol–water partition coefficient (Wildman–Crippen LogP) is 1.52. The maximum atomic E-state index is 12.1. The molecular formula is C13H13Cl2NO6S. The summed E-state index contributed by atoms with van der Waals surface area (Å²) in [6.45, 7) is -0.0150. The van der Waals surface area contributed by atoms with E-state index >= 15 is 0 Å². The highest BCUT2D eigenvalue weighted by Gasteiger charge is 2.30. The first-order valence-corrected chi connectivity index (χ1v) is 8.85. The van der Waals surface area contributed by atoms with Crippen molar-refractivity contribution >= 4 is 45.2 Å². The standard InChI is InChI=1S/C13H13Cl2NO6S/c14-8-2-1-3-9(15)12(8)23(19,20)16-6-4-11(17)22-10-5-7-21-13(10)18/h1-3,10,16H,4-7H2. The van der Waals surface area contributed by atoms with Crippen LogP contribution in [0.5, 0.6) is 0 Å². The van der Waals surface area contributed by atoms with Gasteiger partial charge in [-0.2, -0.15) is 0 Å². The average molecular weight is 382 g/mol. The zero-order valence-corrected chi connectivity index (χ0v) is 14.1. The Morgan fingerprint density at radius 2 is 2.00 bits per heavy atom. The van der Waals surface area contributed by atoms with Crippen molar-refractivity contribution in [3.63, 3.8) is 0 Å². The molecule has 1 atom stereocenters. The third-order valence-corrected chi connectivity index (χ3v) is 5.39. The molecule has 1 aliphatic rings. The Hall–Kier alpha value is -1.35. The van der Waals surface area contributed by atoms with Crippen LogP contribution in [-0.2, 0) is 29.1 Å². The number of esters is 2. The van der Waals surface area contributed by atoms with Crippen LogP contribution in [0.15, 0.2) is 23.1 Å². The lowest BCUT2D eigenvalue weighted by Gasteiger charge is -2.11. The lowest BCUT2D eigenvalue weighted by Crippen LogP contribution is -2.29. The monoisotopic (exact) mass is 381 g/mol. The van der Waals surface area contributed by atoms with E-state index < -0.39 is 28.1 Å². The Balaban J connectivity index is 1.90. The molecule has 0 saturated carbocycles. The summed E-state index contributed by atoms with van der Waals surface area (Å²) in [5.41, 5.74) is 0. The quantitative estimate of drug-likeness (QED) is 0.749. The molecular weight excluding hydrogens is 369 g/mol.